The fourth-order valence-electron chi connectivity index (χ4n) is 2.38. The molecule has 3 rings (SSSR count). The second kappa shape index (κ2) is 4.83. The highest BCUT2D eigenvalue weighted by atomic mass is 19.4. The average Bonchev–Trinajstić information content (AvgIpc) is 2.84. The molecule has 1 aliphatic rings. The third-order valence-corrected chi connectivity index (χ3v) is 3.74. The zero-order valence-electron chi connectivity index (χ0n) is 11.2. The van der Waals surface area contributed by atoms with Crippen molar-refractivity contribution < 1.29 is 18.3 Å². The van der Waals surface area contributed by atoms with E-state index in [1.54, 1.807) is 11.0 Å². The topological polar surface area (TPSA) is 66.6 Å². The molecule has 2 unspecified atom stereocenters. The van der Waals surface area contributed by atoms with Gasteiger partial charge in [-0.3, -0.25) is 0 Å². The summed E-state index contributed by atoms with van der Waals surface area (Å²) in [6.45, 7) is 2.93. The second-order valence-electron chi connectivity index (χ2n) is 5.26. The molecule has 114 valence electrons. The molecule has 2 aromatic heterocycles. The SMILES string of the molecule is CC1CCN(c2ccc3nnc(C(F)(F)F)n3n2)CC1O. The normalized spacial score (nSPS) is 23.8. The van der Waals surface area contributed by atoms with Crippen LogP contribution in [0.4, 0.5) is 19.0 Å². The third-order valence-electron chi connectivity index (χ3n) is 3.74. The lowest BCUT2D eigenvalue weighted by atomic mass is 9.96. The number of alkyl halides is 3. The number of aliphatic hydroxyl groups is 1. The Kier molecular flexibility index (Phi) is 3.23. The van der Waals surface area contributed by atoms with E-state index < -0.39 is 18.1 Å². The number of β-amino-alcohol motifs (C(OH)–C–C–N with tert-alkyl or cyclic N) is 1. The molecule has 2 atom stereocenters. The van der Waals surface area contributed by atoms with E-state index in [-0.39, 0.29) is 11.6 Å². The Morgan fingerprint density at radius 3 is 2.71 bits per heavy atom. The highest BCUT2D eigenvalue weighted by molar-refractivity contribution is 5.46. The molecule has 0 amide bonds. The van der Waals surface area contributed by atoms with Crippen LogP contribution in [0.1, 0.15) is 19.2 Å². The smallest absolute Gasteiger partial charge is 0.391 e. The molecular formula is C12H14F3N5O. The monoisotopic (exact) mass is 301 g/mol. The zero-order valence-corrected chi connectivity index (χ0v) is 11.2. The van der Waals surface area contributed by atoms with Crippen molar-refractivity contribution in [2.45, 2.75) is 25.6 Å². The first-order chi connectivity index (χ1) is 9.86. The van der Waals surface area contributed by atoms with Gasteiger partial charge in [0.05, 0.1) is 6.10 Å². The molecule has 0 bridgehead atoms. The molecular weight excluding hydrogens is 287 g/mol. The molecule has 9 heteroatoms. The van der Waals surface area contributed by atoms with E-state index in [1.165, 1.54) is 6.07 Å². The molecule has 0 aromatic carbocycles. The molecule has 0 spiro atoms. The summed E-state index contributed by atoms with van der Waals surface area (Å²) in [6.07, 6.45) is -4.37. The number of aromatic nitrogens is 4. The van der Waals surface area contributed by atoms with E-state index in [0.717, 1.165) is 6.42 Å². The minimum absolute atomic E-state index is 0.0389. The van der Waals surface area contributed by atoms with E-state index in [0.29, 0.717) is 23.4 Å². The zero-order chi connectivity index (χ0) is 15.2. The van der Waals surface area contributed by atoms with Gasteiger partial charge >= 0.3 is 6.18 Å². The fourth-order valence-corrected chi connectivity index (χ4v) is 2.38. The Morgan fingerprint density at radius 2 is 2.05 bits per heavy atom. The average molecular weight is 301 g/mol. The molecule has 0 aliphatic carbocycles. The number of aliphatic hydroxyl groups excluding tert-OH is 1. The van der Waals surface area contributed by atoms with Crippen molar-refractivity contribution in [1.29, 1.82) is 0 Å². The lowest BCUT2D eigenvalue weighted by Gasteiger charge is -2.34. The molecule has 3 heterocycles. The summed E-state index contributed by atoms with van der Waals surface area (Å²) < 4.78 is 39.2. The third kappa shape index (κ3) is 2.53. The molecule has 1 N–H and O–H groups in total. The molecule has 0 saturated carbocycles. The van der Waals surface area contributed by atoms with Gasteiger partial charge in [0.1, 0.15) is 5.82 Å². The Bertz CT molecular complexity index is 656. The lowest BCUT2D eigenvalue weighted by Crippen LogP contribution is -2.43. The maximum atomic E-state index is 12.8. The first kappa shape index (κ1) is 14.1. The van der Waals surface area contributed by atoms with Crippen LogP contribution in [0.3, 0.4) is 0 Å². The Balaban J connectivity index is 1.97. The van der Waals surface area contributed by atoms with Gasteiger partial charge in [-0.25, -0.2) is 0 Å². The van der Waals surface area contributed by atoms with Crippen molar-refractivity contribution in [2.75, 3.05) is 18.0 Å². The predicted octanol–water partition coefficient (Wildman–Crippen LogP) is 1.35. The van der Waals surface area contributed by atoms with E-state index >= 15 is 0 Å². The van der Waals surface area contributed by atoms with Crippen molar-refractivity contribution in [3.8, 4) is 0 Å². The van der Waals surface area contributed by atoms with Gasteiger partial charge in [-0.15, -0.1) is 15.3 Å². The van der Waals surface area contributed by atoms with Crippen LogP contribution in [0.15, 0.2) is 12.1 Å². The van der Waals surface area contributed by atoms with Crippen LogP contribution < -0.4 is 4.90 Å². The Morgan fingerprint density at radius 1 is 1.29 bits per heavy atom. The van der Waals surface area contributed by atoms with Gasteiger partial charge in [0.15, 0.2) is 5.65 Å². The molecule has 0 radical (unpaired) electrons. The number of piperidine rings is 1. The van der Waals surface area contributed by atoms with Gasteiger partial charge in [-0.05, 0) is 24.5 Å². The summed E-state index contributed by atoms with van der Waals surface area (Å²) in [5.41, 5.74) is 0.0389. The first-order valence-electron chi connectivity index (χ1n) is 6.59. The van der Waals surface area contributed by atoms with E-state index in [1.807, 2.05) is 6.92 Å². The quantitative estimate of drug-likeness (QED) is 0.861. The summed E-state index contributed by atoms with van der Waals surface area (Å²) >= 11 is 0. The number of hydrogen-bond acceptors (Lipinski definition) is 5. The van der Waals surface area contributed by atoms with E-state index in [9.17, 15) is 18.3 Å². The standard InChI is InChI=1S/C12H14F3N5O/c1-7-4-5-19(6-8(7)21)10-3-2-9-16-17-11(12(13,14)15)20(9)18-10/h2-3,7-8,21H,4-6H2,1H3. The van der Waals surface area contributed by atoms with Crippen LogP contribution in [-0.4, -0.2) is 44.1 Å². The molecule has 1 fully saturated rings. The minimum Gasteiger partial charge on any atom is -0.391 e. The summed E-state index contributed by atoms with van der Waals surface area (Å²) in [7, 11) is 0. The fraction of sp³-hybridized carbons (Fsp3) is 0.583. The van der Waals surface area contributed by atoms with Crippen LogP contribution in [-0.2, 0) is 6.18 Å². The summed E-state index contributed by atoms with van der Waals surface area (Å²) in [5.74, 6) is -0.602. The van der Waals surface area contributed by atoms with Crippen molar-refractivity contribution in [2.24, 2.45) is 5.92 Å². The largest absolute Gasteiger partial charge is 0.453 e. The number of fused-ring (bicyclic) bond motifs is 1. The maximum Gasteiger partial charge on any atom is 0.453 e. The number of hydrogen-bond donors (Lipinski definition) is 1. The number of nitrogens with zero attached hydrogens (tertiary/aromatic N) is 5. The van der Waals surface area contributed by atoms with Gasteiger partial charge in [-0.2, -0.15) is 17.7 Å². The van der Waals surface area contributed by atoms with E-state index in [2.05, 4.69) is 15.3 Å². The van der Waals surface area contributed by atoms with E-state index in [4.69, 9.17) is 0 Å². The van der Waals surface area contributed by atoms with Gasteiger partial charge in [-0.1, -0.05) is 6.92 Å². The summed E-state index contributed by atoms with van der Waals surface area (Å²) in [4.78, 5) is 1.77. The maximum absolute atomic E-state index is 12.8. The molecule has 2 aromatic rings. The number of rotatable bonds is 1. The van der Waals surface area contributed by atoms with Gasteiger partial charge in [0, 0.05) is 13.1 Å². The second-order valence-corrected chi connectivity index (χ2v) is 5.26. The van der Waals surface area contributed by atoms with Crippen LogP contribution >= 0.6 is 0 Å². The Hall–Kier alpha value is -1.90. The molecule has 1 aliphatic heterocycles. The number of halogens is 3. The van der Waals surface area contributed by atoms with Crippen molar-refractivity contribution in [3.63, 3.8) is 0 Å². The minimum atomic E-state index is -4.61. The van der Waals surface area contributed by atoms with Crippen LogP contribution in [0.2, 0.25) is 0 Å². The van der Waals surface area contributed by atoms with Crippen molar-refractivity contribution >= 4 is 11.5 Å². The van der Waals surface area contributed by atoms with Gasteiger partial charge in [0.2, 0.25) is 0 Å². The van der Waals surface area contributed by atoms with Crippen LogP contribution in [0, 0.1) is 5.92 Å². The Labute approximate surface area is 118 Å². The van der Waals surface area contributed by atoms with Crippen LogP contribution in [0.5, 0.6) is 0 Å². The summed E-state index contributed by atoms with van der Waals surface area (Å²) in [5, 5.41) is 20.5. The molecule has 6 nitrogen and oxygen atoms in total. The highest BCUT2D eigenvalue weighted by Gasteiger charge is 2.38. The lowest BCUT2D eigenvalue weighted by molar-refractivity contribution is -0.146. The summed E-state index contributed by atoms with van der Waals surface area (Å²) in [6, 6.07) is 3.03. The molecule has 21 heavy (non-hydrogen) atoms. The first-order valence-corrected chi connectivity index (χ1v) is 6.59. The van der Waals surface area contributed by atoms with Crippen LogP contribution in [0.25, 0.3) is 5.65 Å². The van der Waals surface area contributed by atoms with Gasteiger partial charge < -0.3 is 10.0 Å². The number of anilines is 1. The molecule has 1 saturated heterocycles. The van der Waals surface area contributed by atoms with Crippen molar-refractivity contribution in [3.05, 3.63) is 18.0 Å². The van der Waals surface area contributed by atoms with Gasteiger partial charge in [0.25, 0.3) is 5.82 Å². The van der Waals surface area contributed by atoms with Crippen molar-refractivity contribution in [1.82, 2.24) is 19.8 Å². The predicted molar refractivity (Wildman–Crippen MR) is 67.8 cm³/mol. The highest BCUT2D eigenvalue weighted by Crippen LogP contribution is 2.28.